The highest BCUT2D eigenvalue weighted by Gasteiger charge is 2.16. The van der Waals surface area contributed by atoms with Gasteiger partial charge in [0.25, 0.3) is 11.6 Å². The highest BCUT2D eigenvalue weighted by molar-refractivity contribution is 6.33. The fraction of sp³-hybridized carbons (Fsp3) is 0.182. The second kappa shape index (κ2) is 5.45. The average molecular weight is 255 g/mol. The molecule has 0 saturated carbocycles. The summed E-state index contributed by atoms with van der Waals surface area (Å²) in [6, 6.07) is 3.48. The summed E-state index contributed by atoms with van der Waals surface area (Å²) in [7, 11) is 0. The van der Waals surface area contributed by atoms with E-state index in [9.17, 15) is 14.9 Å². The Balaban J connectivity index is 3.03. The van der Waals surface area contributed by atoms with Crippen molar-refractivity contribution < 1.29 is 9.72 Å². The molecule has 0 saturated heterocycles. The summed E-state index contributed by atoms with van der Waals surface area (Å²) in [5, 5.41) is 13.3. The molecular weight excluding hydrogens is 244 g/mol. The lowest BCUT2D eigenvalue weighted by Crippen LogP contribution is -2.31. The van der Waals surface area contributed by atoms with E-state index >= 15 is 0 Å². The van der Waals surface area contributed by atoms with Crippen LogP contribution >= 0.6 is 11.6 Å². The highest BCUT2D eigenvalue weighted by atomic mass is 35.5. The molecule has 1 aromatic carbocycles. The number of hydrogen-bond acceptors (Lipinski definition) is 3. The molecule has 6 heteroatoms. The lowest BCUT2D eigenvalue weighted by atomic mass is 10.1. The van der Waals surface area contributed by atoms with Crippen LogP contribution in [0.15, 0.2) is 30.9 Å². The van der Waals surface area contributed by atoms with Crippen molar-refractivity contribution in [3.05, 3.63) is 51.6 Å². The normalized spacial score (nSPS) is 11.6. The largest absolute Gasteiger partial charge is 0.346 e. The lowest BCUT2D eigenvalue weighted by Gasteiger charge is -2.09. The minimum Gasteiger partial charge on any atom is -0.346 e. The molecule has 0 bridgehead atoms. The van der Waals surface area contributed by atoms with Crippen molar-refractivity contribution in [1.29, 1.82) is 0 Å². The first kappa shape index (κ1) is 13.2. The third-order valence-corrected chi connectivity index (χ3v) is 2.45. The van der Waals surface area contributed by atoms with E-state index < -0.39 is 10.8 Å². The van der Waals surface area contributed by atoms with Gasteiger partial charge in [-0.15, -0.1) is 6.58 Å². The number of carbonyl (C=O) groups is 1. The van der Waals surface area contributed by atoms with Crippen LogP contribution in [0, 0.1) is 10.1 Å². The van der Waals surface area contributed by atoms with Crippen molar-refractivity contribution in [2.45, 2.75) is 13.0 Å². The van der Waals surface area contributed by atoms with E-state index in [-0.39, 0.29) is 22.3 Å². The number of nitrogens with zero attached hydrogens (tertiary/aromatic N) is 1. The third kappa shape index (κ3) is 3.29. The van der Waals surface area contributed by atoms with Crippen molar-refractivity contribution in [3.8, 4) is 0 Å². The van der Waals surface area contributed by atoms with Crippen LogP contribution in [0.1, 0.15) is 17.3 Å². The van der Waals surface area contributed by atoms with Crippen LogP contribution in [0.2, 0.25) is 5.02 Å². The number of nitro groups is 1. The maximum Gasteiger partial charge on any atom is 0.270 e. The van der Waals surface area contributed by atoms with E-state index in [1.165, 1.54) is 12.1 Å². The van der Waals surface area contributed by atoms with Gasteiger partial charge in [0.15, 0.2) is 0 Å². The number of nitrogens with one attached hydrogen (secondary N) is 1. The van der Waals surface area contributed by atoms with Gasteiger partial charge < -0.3 is 5.32 Å². The highest BCUT2D eigenvalue weighted by Crippen LogP contribution is 2.21. The molecule has 0 aliphatic heterocycles. The summed E-state index contributed by atoms with van der Waals surface area (Å²) in [6.45, 7) is 5.25. The first-order valence-corrected chi connectivity index (χ1v) is 5.21. The number of amides is 1. The Morgan fingerprint density at radius 2 is 2.29 bits per heavy atom. The van der Waals surface area contributed by atoms with Crippen LogP contribution in [-0.2, 0) is 0 Å². The van der Waals surface area contributed by atoms with Gasteiger partial charge in [-0.3, -0.25) is 14.9 Å². The van der Waals surface area contributed by atoms with Crippen LogP contribution < -0.4 is 5.32 Å². The Hall–Kier alpha value is -1.88. The quantitative estimate of drug-likeness (QED) is 0.510. The fourth-order valence-electron chi connectivity index (χ4n) is 1.14. The summed E-state index contributed by atoms with van der Waals surface area (Å²) in [4.78, 5) is 21.7. The predicted molar refractivity (Wildman–Crippen MR) is 65.2 cm³/mol. The maximum absolute atomic E-state index is 11.7. The first-order chi connectivity index (χ1) is 7.95. The van der Waals surface area contributed by atoms with E-state index in [4.69, 9.17) is 11.6 Å². The van der Waals surface area contributed by atoms with Gasteiger partial charge in [0.2, 0.25) is 0 Å². The van der Waals surface area contributed by atoms with E-state index in [1.807, 2.05) is 0 Å². The van der Waals surface area contributed by atoms with Gasteiger partial charge in [-0.1, -0.05) is 17.7 Å². The van der Waals surface area contributed by atoms with Crippen molar-refractivity contribution in [2.24, 2.45) is 0 Å². The molecule has 1 amide bonds. The van der Waals surface area contributed by atoms with Crippen molar-refractivity contribution in [3.63, 3.8) is 0 Å². The molecule has 1 rings (SSSR count). The molecule has 0 aromatic heterocycles. The number of hydrogen-bond donors (Lipinski definition) is 1. The lowest BCUT2D eigenvalue weighted by molar-refractivity contribution is -0.384. The van der Waals surface area contributed by atoms with Gasteiger partial charge >= 0.3 is 0 Å². The molecule has 0 aliphatic carbocycles. The standard InChI is InChI=1S/C11H11ClN2O3/c1-3-7(2)13-11(15)9-6-8(14(16)17)4-5-10(9)12/h3-7H,1H2,2H3,(H,13,15). The van der Waals surface area contributed by atoms with Gasteiger partial charge in [-0.25, -0.2) is 0 Å². The molecule has 17 heavy (non-hydrogen) atoms. The van der Waals surface area contributed by atoms with Gasteiger partial charge in [0, 0.05) is 18.2 Å². The smallest absolute Gasteiger partial charge is 0.270 e. The molecule has 0 heterocycles. The minimum atomic E-state index is -0.579. The molecule has 0 fully saturated rings. The molecule has 0 spiro atoms. The Bertz CT molecular complexity index is 474. The van der Waals surface area contributed by atoms with Gasteiger partial charge in [0.05, 0.1) is 15.5 Å². The van der Waals surface area contributed by atoms with Gasteiger partial charge in [0.1, 0.15) is 0 Å². The second-order valence-corrected chi connectivity index (χ2v) is 3.83. The summed E-state index contributed by atoms with van der Waals surface area (Å²) >= 11 is 5.81. The molecule has 1 atom stereocenters. The predicted octanol–water partition coefficient (Wildman–Crippen LogP) is 2.55. The Morgan fingerprint density at radius 1 is 1.65 bits per heavy atom. The number of carbonyl (C=O) groups excluding carboxylic acids is 1. The van der Waals surface area contributed by atoms with Crippen LogP contribution in [-0.4, -0.2) is 16.9 Å². The van der Waals surface area contributed by atoms with E-state index in [2.05, 4.69) is 11.9 Å². The fourth-order valence-corrected chi connectivity index (χ4v) is 1.35. The zero-order chi connectivity index (χ0) is 13.0. The number of nitro benzene ring substituents is 1. The topological polar surface area (TPSA) is 72.2 Å². The minimum absolute atomic E-state index is 0.0783. The van der Waals surface area contributed by atoms with Crippen LogP contribution in [0.5, 0.6) is 0 Å². The number of non-ortho nitro benzene ring substituents is 1. The monoisotopic (exact) mass is 254 g/mol. The summed E-state index contributed by atoms with van der Waals surface area (Å²) in [5.74, 6) is -0.467. The SMILES string of the molecule is C=CC(C)NC(=O)c1cc([N+](=O)[O-])ccc1Cl. The van der Waals surface area contributed by atoms with E-state index in [0.717, 1.165) is 6.07 Å². The average Bonchev–Trinajstić information content (AvgIpc) is 2.28. The zero-order valence-electron chi connectivity index (χ0n) is 9.14. The molecule has 5 nitrogen and oxygen atoms in total. The Kier molecular flexibility index (Phi) is 4.23. The first-order valence-electron chi connectivity index (χ1n) is 4.83. The van der Waals surface area contributed by atoms with E-state index in [1.54, 1.807) is 13.0 Å². The maximum atomic E-state index is 11.7. The molecule has 90 valence electrons. The number of benzene rings is 1. The van der Waals surface area contributed by atoms with Gasteiger partial charge in [-0.2, -0.15) is 0 Å². The van der Waals surface area contributed by atoms with Crippen LogP contribution in [0.3, 0.4) is 0 Å². The molecular formula is C11H11ClN2O3. The molecule has 1 unspecified atom stereocenters. The van der Waals surface area contributed by atoms with Crippen LogP contribution in [0.25, 0.3) is 0 Å². The molecule has 1 aromatic rings. The summed E-state index contributed by atoms with van der Waals surface area (Å²) in [6.07, 6.45) is 1.54. The number of halogens is 1. The van der Waals surface area contributed by atoms with Crippen molar-refractivity contribution in [2.75, 3.05) is 0 Å². The summed E-state index contributed by atoms with van der Waals surface area (Å²) in [5.41, 5.74) is -0.0969. The zero-order valence-corrected chi connectivity index (χ0v) is 9.90. The third-order valence-electron chi connectivity index (χ3n) is 2.12. The van der Waals surface area contributed by atoms with E-state index in [0.29, 0.717) is 0 Å². The Labute approximate surface area is 103 Å². The molecule has 1 N–H and O–H groups in total. The molecule has 0 aliphatic rings. The molecule has 0 radical (unpaired) electrons. The second-order valence-electron chi connectivity index (χ2n) is 3.42. The Morgan fingerprint density at radius 3 is 2.82 bits per heavy atom. The van der Waals surface area contributed by atoms with Gasteiger partial charge in [-0.05, 0) is 13.0 Å². The van der Waals surface area contributed by atoms with Crippen molar-refractivity contribution in [1.82, 2.24) is 5.32 Å². The summed E-state index contributed by atoms with van der Waals surface area (Å²) < 4.78 is 0. The van der Waals surface area contributed by atoms with Crippen LogP contribution in [0.4, 0.5) is 5.69 Å². The number of rotatable bonds is 4. The van der Waals surface area contributed by atoms with Crippen molar-refractivity contribution >= 4 is 23.2 Å².